The van der Waals surface area contributed by atoms with Crippen molar-refractivity contribution in [2.24, 2.45) is 0 Å². The van der Waals surface area contributed by atoms with Gasteiger partial charge in [-0.05, 0) is 43.7 Å². The number of nitrogens with zero attached hydrogens (tertiary/aromatic N) is 3. The molecule has 0 bridgehead atoms. The summed E-state index contributed by atoms with van der Waals surface area (Å²) in [5.41, 5.74) is 3.21. The van der Waals surface area contributed by atoms with Gasteiger partial charge in [-0.25, -0.2) is 28.1 Å². The Morgan fingerprint density at radius 3 is 2.59 bits per heavy atom. The normalized spacial score (nSPS) is 11.6. The van der Waals surface area contributed by atoms with Gasteiger partial charge in [0.25, 0.3) is 0 Å². The van der Waals surface area contributed by atoms with Crippen LogP contribution < -0.4 is 10.0 Å². The molecule has 9 nitrogen and oxygen atoms in total. The van der Waals surface area contributed by atoms with Crippen molar-refractivity contribution in [1.29, 1.82) is 0 Å². The Morgan fingerprint density at radius 1 is 1.14 bits per heavy atom. The van der Waals surface area contributed by atoms with Crippen molar-refractivity contribution < 1.29 is 13.2 Å². The van der Waals surface area contributed by atoms with Crippen LogP contribution in [-0.4, -0.2) is 48.6 Å². The molecule has 0 atom stereocenters. The van der Waals surface area contributed by atoms with Crippen LogP contribution in [0.25, 0.3) is 11.4 Å². The summed E-state index contributed by atoms with van der Waals surface area (Å²) in [4.78, 5) is 16.7. The molecule has 2 heterocycles. The third-order valence-electron chi connectivity index (χ3n) is 4.17. The Kier molecular flexibility index (Phi) is 6.57. The van der Waals surface area contributed by atoms with Crippen molar-refractivity contribution in [3.8, 4) is 11.4 Å². The van der Waals surface area contributed by atoms with Crippen LogP contribution in [0.4, 0.5) is 11.6 Å². The monoisotopic (exact) mass is 416 g/mol. The van der Waals surface area contributed by atoms with Crippen molar-refractivity contribution in [2.75, 3.05) is 25.6 Å². The van der Waals surface area contributed by atoms with Gasteiger partial charge in [-0.1, -0.05) is 6.92 Å². The summed E-state index contributed by atoms with van der Waals surface area (Å²) in [6.07, 6.45) is 2.48. The van der Waals surface area contributed by atoms with Gasteiger partial charge in [0.1, 0.15) is 11.5 Å². The van der Waals surface area contributed by atoms with E-state index in [-0.39, 0.29) is 11.4 Å². The number of aryl methyl sites for hydroxylation is 2. The van der Waals surface area contributed by atoms with E-state index in [0.29, 0.717) is 23.9 Å². The number of imidazole rings is 1. The molecule has 154 valence electrons. The molecule has 0 unspecified atom stereocenters. The summed E-state index contributed by atoms with van der Waals surface area (Å²) in [6, 6.07) is 8.18. The summed E-state index contributed by atoms with van der Waals surface area (Å²) in [5, 5.41) is 3.09. The van der Waals surface area contributed by atoms with E-state index in [1.165, 1.54) is 19.2 Å². The molecule has 1 aromatic carbocycles. The van der Waals surface area contributed by atoms with E-state index in [1.54, 1.807) is 24.4 Å². The van der Waals surface area contributed by atoms with Gasteiger partial charge in [0, 0.05) is 31.2 Å². The summed E-state index contributed by atoms with van der Waals surface area (Å²) in [6.45, 7) is 4.48. The molecule has 10 heteroatoms. The first-order valence-electron chi connectivity index (χ1n) is 9.17. The molecule has 0 radical (unpaired) electrons. The number of hydrogen-bond acceptors (Lipinski definition) is 7. The molecular formula is C19H24N6O3S. The predicted molar refractivity (Wildman–Crippen MR) is 111 cm³/mol. The minimum atomic E-state index is -3.57. The molecule has 0 saturated carbocycles. The van der Waals surface area contributed by atoms with Crippen molar-refractivity contribution >= 4 is 21.7 Å². The molecule has 3 N–H and O–H groups in total. The largest absolute Gasteiger partial charge is 0.383 e. The van der Waals surface area contributed by atoms with E-state index in [9.17, 15) is 8.42 Å². The van der Waals surface area contributed by atoms with Crippen molar-refractivity contribution in [2.45, 2.75) is 25.2 Å². The second kappa shape index (κ2) is 9.12. The molecule has 3 rings (SSSR count). The molecule has 0 aliphatic heterocycles. The third kappa shape index (κ3) is 5.17. The van der Waals surface area contributed by atoms with Gasteiger partial charge in [-0.15, -0.1) is 0 Å². The van der Waals surface area contributed by atoms with E-state index in [2.05, 4.69) is 36.9 Å². The number of hydrogen-bond donors (Lipinski definition) is 3. The number of benzene rings is 1. The smallest absolute Gasteiger partial charge is 0.240 e. The van der Waals surface area contributed by atoms with Crippen LogP contribution in [0.1, 0.15) is 18.4 Å². The molecule has 29 heavy (non-hydrogen) atoms. The van der Waals surface area contributed by atoms with Crippen molar-refractivity contribution in [3.05, 3.63) is 48.0 Å². The lowest BCUT2D eigenvalue weighted by molar-refractivity contribution is 0.204. The Hall–Kier alpha value is -2.82. The Bertz CT molecular complexity index is 1060. The van der Waals surface area contributed by atoms with Crippen LogP contribution >= 0.6 is 0 Å². The molecular weight excluding hydrogens is 392 g/mol. The zero-order chi connectivity index (χ0) is 20.9. The summed E-state index contributed by atoms with van der Waals surface area (Å²) in [7, 11) is -2.06. The van der Waals surface area contributed by atoms with E-state index in [4.69, 9.17) is 4.74 Å². The summed E-state index contributed by atoms with van der Waals surface area (Å²) >= 11 is 0. The van der Waals surface area contributed by atoms with Gasteiger partial charge in [0.2, 0.25) is 16.0 Å². The fourth-order valence-electron chi connectivity index (χ4n) is 2.77. The number of ether oxygens (including phenoxy) is 1. The number of nitrogens with one attached hydrogen (secondary N) is 3. The lowest BCUT2D eigenvalue weighted by Gasteiger charge is -2.09. The van der Waals surface area contributed by atoms with E-state index in [0.717, 1.165) is 23.6 Å². The number of sulfonamides is 1. The van der Waals surface area contributed by atoms with Crippen LogP contribution in [0.5, 0.6) is 0 Å². The first-order chi connectivity index (χ1) is 13.9. The van der Waals surface area contributed by atoms with Gasteiger partial charge < -0.3 is 15.0 Å². The summed E-state index contributed by atoms with van der Waals surface area (Å²) in [5.74, 6) is 1.24. The van der Waals surface area contributed by atoms with Gasteiger partial charge in [0.05, 0.1) is 17.2 Å². The predicted octanol–water partition coefficient (Wildman–Crippen LogP) is 2.41. The zero-order valence-corrected chi connectivity index (χ0v) is 17.4. The maximum atomic E-state index is 12.2. The molecule has 0 fully saturated rings. The van der Waals surface area contributed by atoms with Crippen LogP contribution in [0.3, 0.4) is 0 Å². The topological polar surface area (TPSA) is 122 Å². The van der Waals surface area contributed by atoms with Gasteiger partial charge in [-0.2, -0.15) is 0 Å². The van der Waals surface area contributed by atoms with Gasteiger partial charge in [0.15, 0.2) is 0 Å². The quantitative estimate of drug-likeness (QED) is 0.458. The zero-order valence-electron chi connectivity index (χ0n) is 16.6. The number of aromatic amines is 1. The minimum Gasteiger partial charge on any atom is -0.383 e. The highest BCUT2D eigenvalue weighted by Crippen LogP contribution is 2.22. The van der Waals surface area contributed by atoms with E-state index >= 15 is 0 Å². The van der Waals surface area contributed by atoms with Gasteiger partial charge in [-0.3, -0.25) is 0 Å². The second-order valence-corrected chi connectivity index (χ2v) is 8.08. The molecule has 0 spiro atoms. The van der Waals surface area contributed by atoms with Gasteiger partial charge >= 0.3 is 0 Å². The molecule has 2 aromatic heterocycles. The highest BCUT2D eigenvalue weighted by Gasteiger charge is 2.14. The highest BCUT2D eigenvalue weighted by molar-refractivity contribution is 7.89. The van der Waals surface area contributed by atoms with Crippen LogP contribution in [-0.2, 0) is 21.2 Å². The maximum absolute atomic E-state index is 12.2. The SMILES string of the molecule is CCc1[nH]c(C)nc1-c1ccnc(Nc2ccc(S(=O)(=O)NCCOC)cc2)n1. The Labute approximate surface area is 170 Å². The lowest BCUT2D eigenvalue weighted by atomic mass is 10.2. The average Bonchev–Trinajstić information content (AvgIpc) is 3.10. The Balaban J connectivity index is 1.75. The Morgan fingerprint density at radius 2 is 1.90 bits per heavy atom. The van der Waals surface area contributed by atoms with Crippen molar-refractivity contribution in [3.63, 3.8) is 0 Å². The molecule has 3 aromatic rings. The highest BCUT2D eigenvalue weighted by atomic mass is 32.2. The lowest BCUT2D eigenvalue weighted by Crippen LogP contribution is -2.27. The van der Waals surface area contributed by atoms with Crippen LogP contribution in [0.2, 0.25) is 0 Å². The van der Waals surface area contributed by atoms with Crippen molar-refractivity contribution in [1.82, 2.24) is 24.7 Å². The number of methoxy groups -OCH3 is 1. The number of aromatic nitrogens is 4. The van der Waals surface area contributed by atoms with Crippen LogP contribution in [0.15, 0.2) is 41.4 Å². The minimum absolute atomic E-state index is 0.174. The average molecular weight is 417 g/mol. The summed E-state index contributed by atoms with van der Waals surface area (Å²) < 4.78 is 31.8. The molecule has 0 aliphatic rings. The van der Waals surface area contributed by atoms with Crippen LogP contribution in [0, 0.1) is 6.92 Å². The molecule has 0 saturated heterocycles. The third-order valence-corrected chi connectivity index (χ3v) is 5.64. The fourth-order valence-corrected chi connectivity index (χ4v) is 3.78. The molecule has 0 aliphatic carbocycles. The standard InChI is InChI=1S/C19H24N6O3S/c1-4-16-18(23-13(2)22-16)17-9-10-20-19(25-17)24-14-5-7-15(8-6-14)29(26,27)21-11-12-28-3/h5-10,21H,4,11-12H2,1-3H3,(H,22,23)(H,20,24,25). The number of anilines is 2. The molecule has 0 amide bonds. The second-order valence-electron chi connectivity index (χ2n) is 6.31. The first kappa shape index (κ1) is 20.9. The fraction of sp³-hybridized carbons (Fsp3) is 0.316. The first-order valence-corrected chi connectivity index (χ1v) is 10.7. The van der Waals surface area contributed by atoms with E-state index in [1.807, 2.05) is 6.92 Å². The van der Waals surface area contributed by atoms with E-state index < -0.39 is 10.0 Å². The number of rotatable bonds is 9. The maximum Gasteiger partial charge on any atom is 0.240 e. The number of H-pyrrole nitrogens is 1.